The summed E-state index contributed by atoms with van der Waals surface area (Å²) in [4.78, 5) is 20.6. The van der Waals surface area contributed by atoms with Crippen molar-refractivity contribution < 1.29 is 29.4 Å². The Bertz CT molecular complexity index is 472. The van der Waals surface area contributed by atoms with Gasteiger partial charge in [-0.1, -0.05) is 12.1 Å². The van der Waals surface area contributed by atoms with Crippen LogP contribution in [0.15, 0.2) is 24.3 Å². The third-order valence-corrected chi connectivity index (χ3v) is 4.01. The molecular formula is C17H27NO5. The fourth-order valence-corrected chi connectivity index (χ4v) is 2.40. The Labute approximate surface area is 137 Å². The van der Waals surface area contributed by atoms with Crippen molar-refractivity contribution in [1.82, 2.24) is 0 Å². The predicted octanol–water partition coefficient (Wildman–Crippen LogP) is 0.992. The number of hydrogen-bond acceptors (Lipinski definition) is 4. The Kier molecular flexibility index (Phi) is 9.14. The second-order valence-corrected chi connectivity index (χ2v) is 5.50. The highest BCUT2D eigenvalue weighted by Gasteiger charge is 2.22. The molecule has 0 amide bonds. The van der Waals surface area contributed by atoms with Crippen LogP contribution in [0, 0.1) is 0 Å². The van der Waals surface area contributed by atoms with Crippen molar-refractivity contribution in [1.29, 1.82) is 0 Å². The number of aliphatic hydroxyl groups excluding tert-OH is 1. The van der Waals surface area contributed by atoms with Crippen LogP contribution in [-0.2, 0) is 0 Å². The number of quaternary nitrogens is 1. The number of benzene rings is 1. The monoisotopic (exact) mass is 325 g/mol. The minimum absolute atomic E-state index is 0.0586. The first-order chi connectivity index (χ1) is 10.7. The van der Waals surface area contributed by atoms with Crippen molar-refractivity contribution in [2.24, 2.45) is 0 Å². The summed E-state index contributed by atoms with van der Waals surface area (Å²) in [5, 5.41) is 28.0. The minimum Gasteiger partial charge on any atom is -0.545 e. The number of aromatic carboxylic acids is 2. The fourth-order valence-electron chi connectivity index (χ4n) is 2.40. The number of rotatable bonds is 7. The van der Waals surface area contributed by atoms with Crippen molar-refractivity contribution in [3.8, 4) is 0 Å². The summed E-state index contributed by atoms with van der Waals surface area (Å²) in [5.74, 6) is -2.53. The van der Waals surface area contributed by atoms with Gasteiger partial charge in [0.05, 0.1) is 31.2 Å². The number of aliphatic hydroxyl groups is 1. The van der Waals surface area contributed by atoms with E-state index in [2.05, 4.69) is 20.8 Å². The van der Waals surface area contributed by atoms with Gasteiger partial charge in [0, 0.05) is 0 Å². The molecule has 1 unspecified atom stereocenters. The van der Waals surface area contributed by atoms with E-state index in [1.54, 1.807) is 0 Å². The molecule has 0 heterocycles. The lowest BCUT2D eigenvalue weighted by Crippen LogP contribution is -2.51. The van der Waals surface area contributed by atoms with E-state index in [9.17, 15) is 19.8 Å². The third-order valence-electron chi connectivity index (χ3n) is 4.01. The SMILES string of the molecule is CC[N+](CC)(CC)CC(C)O.O=C([O-])c1cccc(C(=O)O)c1. The molecule has 0 radical (unpaired) electrons. The maximum atomic E-state index is 10.4. The number of likely N-dealkylation sites (N-methyl/N-ethyl adjacent to an activating group) is 1. The van der Waals surface area contributed by atoms with Gasteiger partial charge in [0.1, 0.15) is 12.6 Å². The van der Waals surface area contributed by atoms with Crippen LogP contribution < -0.4 is 5.11 Å². The zero-order chi connectivity index (χ0) is 18.0. The molecule has 1 aromatic rings. The van der Waals surface area contributed by atoms with E-state index in [1.165, 1.54) is 18.2 Å². The van der Waals surface area contributed by atoms with Gasteiger partial charge in [0.15, 0.2) is 0 Å². The lowest BCUT2D eigenvalue weighted by Gasteiger charge is -2.36. The fraction of sp³-hybridized carbons (Fsp3) is 0.529. The number of carbonyl (C=O) groups is 2. The molecule has 1 atom stereocenters. The van der Waals surface area contributed by atoms with E-state index < -0.39 is 11.9 Å². The molecule has 0 bridgehead atoms. The Hall–Kier alpha value is -1.92. The van der Waals surface area contributed by atoms with Gasteiger partial charge in [-0.05, 0) is 45.4 Å². The number of carboxylic acids is 2. The Balaban J connectivity index is 0.000000423. The zero-order valence-corrected chi connectivity index (χ0v) is 14.3. The summed E-state index contributed by atoms with van der Waals surface area (Å²) in [7, 11) is 0. The van der Waals surface area contributed by atoms with Crippen molar-refractivity contribution in [2.75, 3.05) is 26.2 Å². The number of carbonyl (C=O) groups excluding carboxylic acids is 1. The quantitative estimate of drug-likeness (QED) is 0.729. The number of carboxylic acid groups (broad SMARTS) is 2. The Morgan fingerprint density at radius 3 is 1.91 bits per heavy atom. The molecule has 130 valence electrons. The molecule has 1 rings (SSSR count). The third kappa shape index (κ3) is 7.25. The van der Waals surface area contributed by atoms with Gasteiger partial charge in [-0.25, -0.2) is 4.79 Å². The van der Waals surface area contributed by atoms with E-state index in [4.69, 9.17) is 5.11 Å². The van der Waals surface area contributed by atoms with Crippen LogP contribution in [0.3, 0.4) is 0 Å². The van der Waals surface area contributed by atoms with Crippen LogP contribution >= 0.6 is 0 Å². The van der Waals surface area contributed by atoms with Crippen molar-refractivity contribution in [3.63, 3.8) is 0 Å². The van der Waals surface area contributed by atoms with E-state index in [-0.39, 0.29) is 17.2 Å². The van der Waals surface area contributed by atoms with Gasteiger partial charge in [-0.2, -0.15) is 0 Å². The molecule has 2 N–H and O–H groups in total. The standard InChI is InChI=1S/C9H22NO.C8H6O4/c1-5-10(6-2,7-3)8-9(4)11;9-7(10)5-2-1-3-6(4-5)8(11)12/h9,11H,5-8H2,1-4H3;1-4H,(H,9,10)(H,11,12)/q+1;/p-1. The van der Waals surface area contributed by atoms with Gasteiger partial charge < -0.3 is 24.6 Å². The Morgan fingerprint density at radius 1 is 1.13 bits per heavy atom. The summed E-state index contributed by atoms with van der Waals surface area (Å²) >= 11 is 0. The minimum atomic E-state index is -1.38. The zero-order valence-electron chi connectivity index (χ0n) is 14.3. The highest BCUT2D eigenvalue weighted by atomic mass is 16.4. The van der Waals surface area contributed by atoms with Crippen LogP contribution in [0.5, 0.6) is 0 Å². The first-order valence-corrected chi connectivity index (χ1v) is 7.79. The summed E-state index contributed by atoms with van der Waals surface area (Å²) < 4.78 is 1.04. The topological polar surface area (TPSA) is 97.7 Å². The summed E-state index contributed by atoms with van der Waals surface area (Å²) in [6.45, 7) is 12.7. The second kappa shape index (κ2) is 9.97. The molecule has 1 aromatic carbocycles. The first kappa shape index (κ1) is 21.1. The summed E-state index contributed by atoms with van der Waals surface area (Å²) in [6.07, 6.45) is -0.171. The largest absolute Gasteiger partial charge is 0.545 e. The lowest BCUT2D eigenvalue weighted by atomic mass is 10.1. The maximum Gasteiger partial charge on any atom is 0.335 e. The van der Waals surface area contributed by atoms with Crippen molar-refractivity contribution in [2.45, 2.75) is 33.8 Å². The Morgan fingerprint density at radius 2 is 1.61 bits per heavy atom. The summed E-state index contributed by atoms with van der Waals surface area (Å²) in [6, 6.07) is 5.00. The first-order valence-electron chi connectivity index (χ1n) is 7.79. The van der Waals surface area contributed by atoms with Crippen LogP contribution in [0.1, 0.15) is 48.4 Å². The number of nitrogens with zero attached hydrogens (tertiary/aromatic N) is 1. The number of hydrogen-bond donors (Lipinski definition) is 2. The summed E-state index contributed by atoms with van der Waals surface area (Å²) in [5.41, 5.74) is -0.188. The van der Waals surface area contributed by atoms with Gasteiger partial charge in [0.2, 0.25) is 0 Å². The highest BCUT2D eigenvalue weighted by Crippen LogP contribution is 2.06. The van der Waals surface area contributed by atoms with Crippen LogP contribution in [0.2, 0.25) is 0 Å². The van der Waals surface area contributed by atoms with Crippen LogP contribution in [0.4, 0.5) is 0 Å². The molecule has 0 aliphatic rings. The van der Waals surface area contributed by atoms with E-state index in [1.807, 2.05) is 6.92 Å². The smallest absolute Gasteiger partial charge is 0.335 e. The molecule has 23 heavy (non-hydrogen) atoms. The van der Waals surface area contributed by atoms with Crippen molar-refractivity contribution >= 4 is 11.9 Å². The van der Waals surface area contributed by atoms with Crippen molar-refractivity contribution in [3.05, 3.63) is 35.4 Å². The van der Waals surface area contributed by atoms with Gasteiger partial charge in [0.25, 0.3) is 0 Å². The highest BCUT2D eigenvalue weighted by molar-refractivity contribution is 5.92. The molecule has 0 fully saturated rings. The van der Waals surface area contributed by atoms with Gasteiger partial charge >= 0.3 is 5.97 Å². The molecule has 0 aliphatic heterocycles. The van der Waals surface area contributed by atoms with E-state index in [0.717, 1.165) is 36.7 Å². The average Bonchev–Trinajstić information content (AvgIpc) is 2.53. The lowest BCUT2D eigenvalue weighted by molar-refractivity contribution is -0.925. The predicted molar refractivity (Wildman–Crippen MR) is 86.2 cm³/mol. The molecule has 0 aliphatic carbocycles. The molecule has 6 heteroatoms. The molecule has 6 nitrogen and oxygen atoms in total. The van der Waals surface area contributed by atoms with Crippen LogP contribution in [0.25, 0.3) is 0 Å². The molecule has 0 saturated heterocycles. The van der Waals surface area contributed by atoms with E-state index >= 15 is 0 Å². The molecule has 0 saturated carbocycles. The molecular weight excluding hydrogens is 298 g/mol. The van der Waals surface area contributed by atoms with Crippen LogP contribution in [-0.4, -0.2) is 58.9 Å². The van der Waals surface area contributed by atoms with Gasteiger partial charge in [-0.15, -0.1) is 0 Å². The molecule has 0 aromatic heterocycles. The second-order valence-electron chi connectivity index (χ2n) is 5.50. The van der Waals surface area contributed by atoms with E-state index in [0.29, 0.717) is 0 Å². The maximum absolute atomic E-state index is 10.4. The van der Waals surface area contributed by atoms with Gasteiger partial charge in [-0.3, -0.25) is 0 Å². The molecule has 0 spiro atoms. The average molecular weight is 325 g/mol. The normalized spacial score (nSPS) is 12.0.